The predicted molar refractivity (Wildman–Crippen MR) is 75.2 cm³/mol. The second-order valence-electron chi connectivity index (χ2n) is 4.98. The SMILES string of the molecule is COc1ccc(-c2c(CN)nn3c2CCC3)cc1C. The van der Waals surface area contributed by atoms with Crippen molar-refractivity contribution in [2.45, 2.75) is 32.9 Å². The summed E-state index contributed by atoms with van der Waals surface area (Å²) in [5.74, 6) is 0.918. The second-order valence-corrected chi connectivity index (χ2v) is 4.98. The van der Waals surface area contributed by atoms with Crippen LogP contribution in [0.25, 0.3) is 11.1 Å². The number of nitrogens with zero attached hydrogens (tertiary/aromatic N) is 2. The zero-order chi connectivity index (χ0) is 13.4. The zero-order valence-corrected chi connectivity index (χ0v) is 11.4. The summed E-state index contributed by atoms with van der Waals surface area (Å²) in [6, 6.07) is 6.28. The molecule has 0 bridgehead atoms. The van der Waals surface area contributed by atoms with Crippen LogP contribution >= 0.6 is 0 Å². The molecule has 0 fully saturated rings. The van der Waals surface area contributed by atoms with Crippen LogP contribution in [0.1, 0.15) is 23.4 Å². The van der Waals surface area contributed by atoms with E-state index in [0.29, 0.717) is 6.54 Å². The van der Waals surface area contributed by atoms with Crippen molar-refractivity contribution in [1.82, 2.24) is 9.78 Å². The lowest BCUT2D eigenvalue weighted by atomic mass is 9.99. The van der Waals surface area contributed by atoms with Crippen LogP contribution in [0.15, 0.2) is 18.2 Å². The Labute approximate surface area is 113 Å². The van der Waals surface area contributed by atoms with Crippen molar-refractivity contribution in [2.24, 2.45) is 5.73 Å². The first-order valence-electron chi connectivity index (χ1n) is 6.68. The lowest BCUT2D eigenvalue weighted by Crippen LogP contribution is -2.01. The third-order valence-corrected chi connectivity index (χ3v) is 3.79. The first-order chi connectivity index (χ1) is 9.24. The summed E-state index contributed by atoms with van der Waals surface area (Å²) in [6.07, 6.45) is 2.27. The van der Waals surface area contributed by atoms with Crippen molar-refractivity contribution in [1.29, 1.82) is 0 Å². The topological polar surface area (TPSA) is 53.1 Å². The van der Waals surface area contributed by atoms with E-state index >= 15 is 0 Å². The Hall–Kier alpha value is -1.81. The van der Waals surface area contributed by atoms with E-state index in [1.807, 2.05) is 6.07 Å². The molecule has 0 saturated heterocycles. The monoisotopic (exact) mass is 257 g/mol. The minimum absolute atomic E-state index is 0.487. The average molecular weight is 257 g/mol. The zero-order valence-electron chi connectivity index (χ0n) is 11.4. The van der Waals surface area contributed by atoms with Gasteiger partial charge in [0, 0.05) is 24.3 Å². The summed E-state index contributed by atoms with van der Waals surface area (Å²) in [4.78, 5) is 0. The highest BCUT2D eigenvalue weighted by Crippen LogP contribution is 2.33. The molecule has 2 heterocycles. The standard InChI is InChI=1S/C15H19N3O/c1-10-8-11(5-6-14(10)19-2)15-12(9-16)17-18-7-3-4-13(15)18/h5-6,8H,3-4,7,9,16H2,1-2H3. The van der Waals surface area contributed by atoms with E-state index in [1.165, 1.54) is 23.2 Å². The van der Waals surface area contributed by atoms with Gasteiger partial charge in [-0.25, -0.2) is 0 Å². The molecule has 100 valence electrons. The fraction of sp³-hybridized carbons (Fsp3) is 0.400. The normalized spacial score (nSPS) is 13.6. The molecular weight excluding hydrogens is 238 g/mol. The highest BCUT2D eigenvalue weighted by atomic mass is 16.5. The number of hydrogen-bond donors (Lipinski definition) is 1. The van der Waals surface area contributed by atoms with Crippen LogP contribution in [0.5, 0.6) is 5.75 Å². The third kappa shape index (κ3) is 1.92. The van der Waals surface area contributed by atoms with Crippen molar-refractivity contribution in [2.75, 3.05) is 7.11 Å². The van der Waals surface area contributed by atoms with E-state index in [1.54, 1.807) is 7.11 Å². The average Bonchev–Trinajstić information content (AvgIpc) is 2.98. The van der Waals surface area contributed by atoms with Gasteiger partial charge in [-0.1, -0.05) is 6.07 Å². The molecule has 1 aromatic carbocycles. The van der Waals surface area contributed by atoms with Crippen molar-refractivity contribution >= 4 is 0 Å². The summed E-state index contributed by atoms with van der Waals surface area (Å²) < 4.78 is 7.43. The van der Waals surface area contributed by atoms with Gasteiger partial charge < -0.3 is 10.5 Å². The summed E-state index contributed by atoms with van der Waals surface area (Å²) in [5.41, 5.74) is 11.7. The fourth-order valence-corrected chi connectivity index (χ4v) is 2.90. The molecule has 0 radical (unpaired) electrons. The lowest BCUT2D eigenvalue weighted by molar-refractivity contribution is 0.412. The minimum atomic E-state index is 0.487. The molecule has 0 atom stereocenters. The quantitative estimate of drug-likeness (QED) is 0.917. The molecule has 0 aliphatic carbocycles. The fourth-order valence-electron chi connectivity index (χ4n) is 2.90. The van der Waals surface area contributed by atoms with Gasteiger partial charge in [-0.05, 0) is 43.0 Å². The Morgan fingerprint density at radius 1 is 1.42 bits per heavy atom. The number of benzene rings is 1. The number of fused-ring (bicyclic) bond motifs is 1. The van der Waals surface area contributed by atoms with Gasteiger partial charge in [-0.3, -0.25) is 4.68 Å². The maximum Gasteiger partial charge on any atom is 0.121 e. The molecule has 4 nitrogen and oxygen atoms in total. The third-order valence-electron chi connectivity index (χ3n) is 3.79. The molecule has 4 heteroatoms. The van der Waals surface area contributed by atoms with E-state index in [9.17, 15) is 0 Å². The Morgan fingerprint density at radius 3 is 2.95 bits per heavy atom. The van der Waals surface area contributed by atoms with E-state index in [4.69, 9.17) is 10.5 Å². The molecule has 2 N–H and O–H groups in total. The maximum atomic E-state index is 5.84. The summed E-state index contributed by atoms with van der Waals surface area (Å²) >= 11 is 0. The van der Waals surface area contributed by atoms with Crippen LogP contribution in [0.3, 0.4) is 0 Å². The van der Waals surface area contributed by atoms with Gasteiger partial charge in [0.1, 0.15) is 5.75 Å². The molecule has 0 spiro atoms. The number of aryl methyl sites for hydroxylation is 2. The van der Waals surface area contributed by atoms with E-state index in [0.717, 1.165) is 30.0 Å². The minimum Gasteiger partial charge on any atom is -0.496 e. The van der Waals surface area contributed by atoms with Crippen molar-refractivity contribution in [3.8, 4) is 16.9 Å². The van der Waals surface area contributed by atoms with E-state index in [2.05, 4.69) is 28.8 Å². The van der Waals surface area contributed by atoms with Gasteiger partial charge in [-0.2, -0.15) is 5.10 Å². The number of rotatable bonds is 3. The smallest absolute Gasteiger partial charge is 0.121 e. The molecule has 3 rings (SSSR count). The second kappa shape index (κ2) is 4.70. The van der Waals surface area contributed by atoms with Gasteiger partial charge in [0.15, 0.2) is 0 Å². The lowest BCUT2D eigenvalue weighted by Gasteiger charge is -2.08. The van der Waals surface area contributed by atoms with Gasteiger partial charge in [0.2, 0.25) is 0 Å². The molecule has 1 aliphatic heterocycles. The van der Waals surface area contributed by atoms with Gasteiger partial charge in [0.05, 0.1) is 12.8 Å². The van der Waals surface area contributed by atoms with Crippen molar-refractivity contribution in [3.05, 3.63) is 35.2 Å². The van der Waals surface area contributed by atoms with Gasteiger partial charge in [0.25, 0.3) is 0 Å². The van der Waals surface area contributed by atoms with Crippen molar-refractivity contribution in [3.63, 3.8) is 0 Å². The molecular formula is C15H19N3O. The molecule has 0 saturated carbocycles. The van der Waals surface area contributed by atoms with Crippen LogP contribution in [0.2, 0.25) is 0 Å². The summed E-state index contributed by atoms with van der Waals surface area (Å²) in [5, 5.41) is 4.62. The summed E-state index contributed by atoms with van der Waals surface area (Å²) in [7, 11) is 1.70. The molecule has 0 amide bonds. The maximum absolute atomic E-state index is 5.84. The van der Waals surface area contributed by atoms with Crippen LogP contribution in [-0.4, -0.2) is 16.9 Å². The van der Waals surface area contributed by atoms with Crippen LogP contribution in [0, 0.1) is 6.92 Å². The Kier molecular flexibility index (Phi) is 3.03. The highest BCUT2D eigenvalue weighted by Gasteiger charge is 2.22. The van der Waals surface area contributed by atoms with Gasteiger partial charge in [-0.15, -0.1) is 0 Å². The number of methoxy groups -OCH3 is 1. The first-order valence-corrected chi connectivity index (χ1v) is 6.68. The Balaban J connectivity index is 2.13. The molecule has 19 heavy (non-hydrogen) atoms. The van der Waals surface area contributed by atoms with E-state index in [-0.39, 0.29) is 0 Å². The van der Waals surface area contributed by atoms with Crippen LogP contribution in [0.4, 0.5) is 0 Å². The number of nitrogens with two attached hydrogens (primary N) is 1. The van der Waals surface area contributed by atoms with E-state index < -0.39 is 0 Å². The van der Waals surface area contributed by atoms with Crippen LogP contribution in [-0.2, 0) is 19.5 Å². The molecule has 1 aliphatic rings. The molecule has 1 aromatic heterocycles. The Morgan fingerprint density at radius 2 is 2.26 bits per heavy atom. The Bertz CT molecular complexity index is 616. The molecule has 0 unspecified atom stereocenters. The number of ether oxygens (including phenoxy) is 1. The van der Waals surface area contributed by atoms with Crippen molar-refractivity contribution < 1.29 is 4.74 Å². The summed E-state index contributed by atoms with van der Waals surface area (Å²) in [6.45, 7) is 3.56. The predicted octanol–water partition coefficient (Wildman–Crippen LogP) is 2.27. The number of aromatic nitrogens is 2. The molecule has 2 aromatic rings. The van der Waals surface area contributed by atoms with Gasteiger partial charge >= 0.3 is 0 Å². The number of hydrogen-bond acceptors (Lipinski definition) is 3. The highest BCUT2D eigenvalue weighted by molar-refractivity contribution is 5.71. The van der Waals surface area contributed by atoms with Crippen LogP contribution < -0.4 is 10.5 Å². The first kappa shape index (κ1) is 12.2. The largest absolute Gasteiger partial charge is 0.496 e.